The van der Waals surface area contributed by atoms with E-state index in [1.54, 1.807) is 38.5 Å². The highest BCUT2D eigenvalue weighted by atomic mass is 35.5. The lowest BCUT2D eigenvalue weighted by atomic mass is 9.71. The lowest BCUT2D eigenvalue weighted by Crippen LogP contribution is -2.31. The fourth-order valence-corrected chi connectivity index (χ4v) is 6.48. The molecule has 5 rings (SSSR count). The summed E-state index contributed by atoms with van der Waals surface area (Å²) < 4.78 is 41.6. The molecule has 1 aromatic heterocycles. The van der Waals surface area contributed by atoms with Crippen molar-refractivity contribution in [3.63, 3.8) is 0 Å². The number of halogens is 3. The Morgan fingerprint density at radius 1 is 1.03 bits per heavy atom. The van der Waals surface area contributed by atoms with Crippen LogP contribution in [0.15, 0.2) is 65.8 Å². The van der Waals surface area contributed by atoms with Crippen LogP contribution in [0, 0.1) is 11.6 Å². The molecule has 1 heterocycles. The third kappa shape index (κ3) is 4.71. The van der Waals surface area contributed by atoms with E-state index in [0.29, 0.717) is 33.0 Å². The molecule has 4 nitrogen and oxygen atoms in total. The first-order chi connectivity index (χ1) is 17.9. The number of benzene rings is 3. The van der Waals surface area contributed by atoms with Crippen LogP contribution in [0.3, 0.4) is 0 Å². The van der Waals surface area contributed by atoms with Crippen LogP contribution < -0.4 is 9.47 Å². The molecule has 4 aromatic rings. The summed E-state index contributed by atoms with van der Waals surface area (Å²) in [6, 6.07) is 17.1. The highest BCUT2D eigenvalue weighted by Crippen LogP contribution is 2.47. The Bertz CT molecular complexity index is 1420. The van der Waals surface area contributed by atoms with Gasteiger partial charge >= 0.3 is 0 Å². The van der Waals surface area contributed by atoms with Gasteiger partial charge < -0.3 is 9.47 Å². The summed E-state index contributed by atoms with van der Waals surface area (Å²) >= 11 is 7.72. The molecular formula is C29H27ClF2N2O2S. The summed E-state index contributed by atoms with van der Waals surface area (Å²) in [5, 5.41) is 1.09. The van der Waals surface area contributed by atoms with Crippen molar-refractivity contribution in [3.05, 3.63) is 99.8 Å². The van der Waals surface area contributed by atoms with Crippen molar-refractivity contribution in [2.45, 2.75) is 42.5 Å². The predicted octanol–water partition coefficient (Wildman–Crippen LogP) is 7.76. The van der Waals surface area contributed by atoms with Crippen LogP contribution >= 0.6 is 23.4 Å². The average molecular weight is 541 g/mol. The molecule has 1 aliphatic rings. The van der Waals surface area contributed by atoms with Crippen molar-refractivity contribution in [3.8, 4) is 17.2 Å². The molecule has 0 unspecified atom stereocenters. The van der Waals surface area contributed by atoms with Crippen molar-refractivity contribution in [1.29, 1.82) is 0 Å². The van der Waals surface area contributed by atoms with E-state index in [9.17, 15) is 8.78 Å². The van der Waals surface area contributed by atoms with Crippen LogP contribution in [-0.4, -0.2) is 23.8 Å². The number of imidazole rings is 1. The largest absolute Gasteiger partial charge is 0.493 e. The lowest BCUT2D eigenvalue weighted by molar-refractivity contribution is 0.352. The quantitative estimate of drug-likeness (QED) is 0.224. The van der Waals surface area contributed by atoms with Crippen molar-refractivity contribution in [1.82, 2.24) is 9.55 Å². The standard InChI is InChI=1S/C29H27ClF2N2O2S/c1-29(18-9-14-25(35-2)26(16-18)36-3)15-5-8-24-27(29)34(20-12-10-19(31)11-13-20)28(33-24)37-17-21-22(30)6-4-7-23(21)32/h4,6-7,9-14,16H,5,8,15,17H2,1-3H3/t29-/m1/s1. The molecule has 0 fully saturated rings. The fourth-order valence-electron chi connectivity index (χ4n) is 5.10. The van der Waals surface area contributed by atoms with Gasteiger partial charge in [0.25, 0.3) is 0 Å². The number of hydrogen-bond donors (Lipinski definition) is 0. The monoisotopic (exact) mass is 540 g/mol. The summed E-state index contributed by atoms with van der Waals surface area (Å²) in [6.45, 7) is 2.20. The molecule has 1 aliphatic carbocycles. The summed E-state index contributed by atoms with van der Waals surface area (Å²) in [5.41, 5.74) is 3.93. The van der Waals surface area contributed by atoms with Gasteiger partial charge in [0.1, 0.15) is 11.6 Å². The highest BCUT2D eigenvalue weighted by molar-refractivity contribution is 7.98. The SMILES string of the molecule is COc1ccc([C@@]2(C)CCCc3nc(SCc4c(F)cccc4Cl)n(-c4ccc(F)cc4)c32)cc1OC. The number of fused-ring (bicyclic) bond motifs is 1. The lowest BCUT2D eigenvalue weighted by Gasteiger charge is -2.36. The van der Waals surface area contributed by atoms with Crippen molar-refractivity contribution >= 4 is 23.4 Å². The Kier molecular flexibility index (Phi) is 7.19. The summed E-state index contributed by atoms with van der Waals surface area (Å²) in [5.74, 6) is 0.976. The van der Waals surface area contributed by atoms with Gasteiger partial charge in [-0.05, 0) is 80.3 Å². The topological polar surface area (TPSA) is 36.3 Å². The zero-order chi connectivity index (χ0) is 26.2. The number of thioether (sulfide) groups is 1. The molecule has 0 aliphatic heterocycles. The van der Waals surface area contributed by atoms with E-state index in [4.69, 9.17) is 26.1 Å². The summed E-state index contributed by atoms with van der Waals surface area (Å²) in [6.07, 6.45) is 2.67. The maximum absolute atomic E-state index is 14.5. The van der Waals surface area contributed by atoms with E-state index in [1.165, 1.54) is 30.0 Å². The maximum atomic E-state index is 14.5. The van der Waals surface area contributed by atoms with Gasteiger partial charge in [-0.2, -0.15) is 0 Å². The Morgan fingerprint density at radius 2 is 1.78 bits per heavy atom. The molecule has 0 saturated carbocycles. The Labute approximate surface area is 224 Å². The molecule has 192 valence electrons. The molecule has 0 saturated heterocycles. The molecule has 0 radical (unpaired) electrons. The van der Waals surface area contributed by atoms with E-state index >= 15 is 0 Å². The zero-order valence-electron chi connectivity index (χ0n) is 20.9. The smallest absolute Gasteiger partial charge is 0.173 e. The van der Waals surface area contributed by atoms with Crippen LogP contribution in [0.25, 0.3) is 5.69 Å². The fraction of sp³-hybridized carbons (Fsp3) is 0.276. The van der Waals surface area contributed by atoms with E-state index in [1.807, 2.05) is 12.1 Å². The van der Waals surface area contributed by atoms with Crippen molar-refractivity contribution in [2.75, 3.05) is 14.2 Å². The van der Waals surface area contributed by atoms with Gasteiger partial charge in [-0.15, -0.1) is 0 Å². The number of aryl methyl sites for hydroxylation is 1. The Morgan fingerprint density at radius 3 is 2.49 bits per heavy atom. The number of ether oxygens (including phenoxy) is 2. The Hall–Kier alpha value is -3.03. The third-order valence-electron chi connectivity index (χ3n) is 7.04. The Balaban J connectivity index is 1.66. The first-order valence-corrected chi connectivity index (χ1v) is 13.4. The minimum atomic E-state index is -0.400. The van der Waals surface area contributed by atoms with Gasteiger partial charge in [0.15, 0.2) is 16.7 Å². The molecule has 3 aromatic carbocycles. The maximum Gasteiger partial charge on any atom is 0.173 e. The van der Waals surface area contributed by atoms with Crippen LogP contribution in [0.1, 0.15) is 42.3 Å². The second kappa shape index (κ2) is 10.4. The van der Waals surface area contributed by atoms with Gasteiger partial charge in [-0.1, -0.05) is 35.5 Å². The number of aromatic nitrogens is 2. The average Bonchev–Trinajstić information content (AvgIpc) is 3.28. The molecule has 1 atom stereocenters. The molecule has 8 heteroatoms. The summed E-state index contributed by atoms with van der Waals surface area (Å²) in [4.78, 5) is 5.03. The second-order valence-electron chi connectivity index (χ2n) is 9.25. The van der Waals surface area contributed by atoms with E-state index in [0.717, 1.165) is 41.9 Å². The van der Waals surface area contributed by atoms with Crippen molar-refractivity contribution in [2.24, 2.45) is 0 Å². The molecule has 0 N–H and O–H groups in total. The molecular weight excluding hydrogens is 514 g/mol. The molecule has 0 bridgehead atoms. The van der Waals surface area contributed by atoms with Gasteiger partial charge in [-0.3, -0.25) is 4.57 Å². The number of nitrogens with zero attached hydrogens (tertiary/aromatic N) is 2. The summed E-state index contributed by atoms with van der Waals surface area (Å²) in [7, 11) is 3.24. The van der Waals surface area contributed by atoms with E-state index in [-0.39, 0.29) is 11.6 Å². The van der Waals surface area contributed by atoms with Crippen LogP contribution in [0.2, 0.25) is 5.02 Å². The van der Waals surface area contributed by atoms with Crippen LogP contribution in [-0.2, 0) is 17.6 Å². The first kappa shape index (κ1) is 25.6. The molecule has 0 amide bonds. The number of rotatable bonds is 7. The normalized spacial score (nSPS) is 16.9. The highest BCUT2D eigenvalue weighted by Gasteiger charge is 2.40. The van der Waals surface area contributed by atoms with E-state index < -0.39 is 5.41 Å². The van der Waals surface area contributed by atoms with Crippen LogP contribution in [0.5, 0.6) is 11.5 Å². The minimum absolute atomic E-state index is 0.312. The van der Waals surface area contributed by atoms with Gasteiger partial charge in [0.05, 0.1) is 25.6 Å². The predicted molar refractivity (Wildman–Crippen MR) is 143 cm³/mol. The third-order valence-corrected chi connectivity index (χ3v) is 8.36. The second-order valence-corrected chi connectivity index (χ2v) is 10.6. The van der Waals surface area contributed by atoms with Crippen LogP contribution in [0.4, 0.5) is 8.78 Å². The van der Waals surface area contributed by atoms with Gasteiger partial charge in [-0.25, -0.2) is 13.8 Å². The van der Waals surface area contributed by atoms with Crippen molar-refractivity contribution < 1.29 is 18.3 Å². The van der Waals surface area contributed by atoms with Gasteiger partial charge in [0.2, 0.25) is 0 Å². The van der Waals surface area contributed by atoms with Gasteiger partial charge in [0, 0.05) is 27.4 Å². The van der Waals surface area contributed by atoms with E-state index in [2.05, 4.69) is 17.6 Å². The number of hydrogen-bond acceptors (Lipinski definition) is 4. The first-order valence-electron chi connectivity index (χ1n) is 12.0. The zero-order valence-corrected chi connectivity index (χ0v) is 22.4. The minimum Gasteiger partial charge on any atom is -0.493 e. The molecule has 37 heavy (non-hydrogen) atoms. The number of methoxy groups -OCH3 is 2. The molecule has 0 spiro atoms.